The fraction of sp³-hybridized carbons (Fsp3) is 0.562. The molecule has 0 aromatic heterocycles. The topological polar surface area (TPSA) is 50.4 Å². The first-order valence-electron chi connectivity index (χ1n) is 7.41. The predicted octanol–water partition coefficient (Wildman–Crippen LogP) is 2.11. The normalized spacial score (nSPS) is 17.4. The first-order chi connectivity index (χ1) is 10.2. The van der Waals surface area contributed by atoms with Crippen LogP contribution in [0.1, 0.15) is 24.8 Å². The van der Waals surface area contributed by atoms with E-state index in [1.807, 2.05) is 19.2 Å². The van der Waals surface area contributed by atoms with Crippen LogP contribution in [0.25, 0.3) is 0 Å². The second-order valence-corrected chi connectivity index (χ2v) is 5.97. The van der Waals surface area contributed by atoms with E-state index in [2.05, 4.69) is 22.8 Å². The van der Waals surface area contributed by atoms with E-state index in [1.54, 1.807) is 0 Å². The molecular weight excluding hydrogens is 288 g/mol. The fourth-order valence-corrected chi connectivity index (χ4v) is 2.85. The molecule has 1 aliphatic rings. The van der Waals surface area contributed by atoms with Crippen molar-refractivity contribution in [1.29, 1.82) is 0 Å². The van der Waals surface area contributed by atoms with Gasteiger partial charge in [-0.05, 0) is 37.6 Å². The molecule has 0 unspecified atom stereocenters. The summed E-state index contributed by atoms with van der Waals surface area (Å²) in [5.74, 6) is 0.0872. The molecule has 1 aromatic carbocycles. The molecule has 0 aliphatic carbocycles. The Hall–Kier alpha value is -1.10. The van der Waals surface area contributed by atoms with E-state index < -0.39 is 0 Å². The molecule has 2 N–H and O–H groups in total. The van der Waals surface area contributed by atoms with Crippen LogP contribution >= 0.6 is 11.6 Å². The summed E-state index contributed by atoms with van der Waals surface area (Å²) in [6, 6.07) is 7.95. The third-order valence-corrected chi connectivity index (χ3v) is 4.38. The molecule has 0 radical (unpaired) electrons. The van der Waals surface area contributed by atoms with Crippen molar-refractivity contribution in [1.82, 2.24) is 10.6 Å². The van der Waals surface area contributed by atoms with Gasteiger partial charge in [0.1, 0.15) is 0 Å². The molecule has 4 nitrogen and oxygen atoms in total. The zero-order valence-electron chi connectivity index (χ0n) is 12.5. The molecule has 2 rings (SSSR count). The lowest BCUT2D eigenvalue weighted by atomic mass is 9.74. The quantitative estimate of drug-likeness (QED) is 0.846. The lowest BCUT2D eigenvalue weighted by Gasteiger charge is -2.38. The summed E-state index contributed by atoms with van der Waals surface area (Å²) in [5, 5.41) is 6.80. The monoisotopic (exact) mass is 310 g/mol. The molecular formula is C16H23ClN2O2. The van der Waals surface area contributed by atoms with Crippen molar-refractivity contribution in [3.63, 3.8) is 0 Å². The van der Waals surface area contributed by atoms with Crippen LogP contribution in [0.3, 0.4) is 0 Å². The number of nitrogens with one attached hydrogen (secondary N) is 2. The minimum absolute atomic E-state index is 0.0435. The summed E-state index contributed by atoms with van der Waals surface area (Å²) in [6.07, 6.45) is 2.34. The zero-order chi connectivity index (χ0) is 15.1. The van der Waals surface area contributed by atoms with Gasteiger partial charge >= 0.3 is 0 Å². The van der Waals surface area contributed by atoms with Gasteiger partial charge in [-0.3, -0.25) is 4.79 Å². The van der Waals surface area contributed by atoms with Gasteiger partial charge in [0.05, 0.1) is 0 Å². The first-order valence-corrected chi connectivity index (χ1v) is 7.79. The number of carbonyl (C=O) groups excluding carboxylic acids is 1. The number of hydrogen-bond donors (Lipinski definition) is 2. The van der Waals surface area contributed by atoms with Crippen molar-refractivity contribution >= 4 is 17.5 Å². The zero-order valence-corrected chi connectivity index (χ0v) is 13.2. The summed E-state index contributed by atoms with van der Waals surface area (Å²) in [7, 11) is 1.85. The molecule has 1 aromatic rings. The molecule has 0 atom stereocenters. The van der Waals surface area contributed by atoms with Gasteiger partial charge in [0.2, 0.25) is 5.91 Å². The molecule has 5 heteroatoms. The molecule has 1 fully saturated rings. The van der Waals surface area contributed by atoms with Crippen LogP contribution in [0.4, 0.5) is 0 Å². The van der Waals surface area contributed by atoms with E-state index in [1.165, 1.54) is 5.56 Å². The Labute approximate surface area is 131 Å². The van der Waals surface area contributed by atoms with Gasteiger partial charge in [-0.1, -0.05) is 23.7 Å². The van der Waals surface area contributed by atoms with Crippen molar-refractivity contribution in [3.8, 4) is 0 Å². The van der Waals surface area contributed by atoms with E-state index in [9.17, 15) is 4.79 Å². The molecule has 1 heterocycles. The van der Waals surface area contributed by atoms with E-state index in [0.717, 1.165) is 31.1 Å². The number of benzene rings is 1. The molecule has 0 saturated carbocycles. The summed E-state index contributed by atoms with van der Waals surface area (Å²) >= 11 is 5.98. The second kappa shape index (κ2) is 7.78. The predicted molar refractivity (Wildman–Crippen MR) is 84.7 cm³/mol. The number of amides is 1. The van der Waals surface area contributed by atoms with Gasteiger partial charge in [-0.25, -0.2) is 0 Å². The molecule has 116 valence electrons. The van der Waals surface area contributed by atoms with Crippen molar-refractivity contribution in [2.75, 3.05) is 33.4 Å². The lowest BCUT2D eigenvalue weighted by molar-refractivity contribution is -0.121. The molecule has 0 spiro atoms. The van der Waals surface area contributed by atoms with E-state index >= 15 is 0 Å². The van der Waals surface area contributed by atoms with Crippen LogP contribution in [0.15, 0.2) is 24.3 Å². The highest BCUT2D eigenvalue weighted by molar-refractivity contribution is 6.30. The standard InChI is InChI=1S/C16H23ClN2O2/c1-18-9-6-15(20)19-12-16(7-10-21-11-8-16)13-2-4-14(17)5-3-13/h2-5,18H,6-12H2,1H3,(H,19,20). The Morgan fingerprint density at radius 2 is 1.95 bits per heavy atom. The summed E-state index contributed by atoms with van der Waals surface area (Å²) in [6.45, 7) is 2.81. The summed E-state index contributed by atoms with van der Waals surface area (Å²) in [4.78, 5) is 11.9. The maximum Gasteiger partial charge on any atom is 0.221 e. The average Bonchev–Trinajstić information content (AvgIpc) is 2.52. The van der Waals surface area contributed by atoms with Gasteiger partial charge in [-0.15, -0.1) is 0 Å². The minimum atomic E-state index is -0.0435. The van der Waals surface area contributed by atoms with Crippen LogP contribution in [-0.2, 0) is 14.9 Å². The number of hydrogen-bond acceptors (Lipinski definition) is 3. The summed E-state index contributed by atoms with van der Waals surface area (Å²) in [5.41, 5.74) is 1.18. The van der Waals surface area contributed by atoms with Crippen LogP contribution < -0.4 is 10.6 Å². The van der Waals surface area contributed by atoms with Crippen molar-refractivity contribution in [2.45, 2.75) is 24.7 Å². The smallest absolute Gasteiger partial charge is 0.221 e. The molecule has 21 heavy (non-hydrogen) atoms. The Morgan fingerprint density at radius 1 is 1.29 bits per heavy atom. The maximum absolute atomic E-state index is 11.9. The van der Waals surface area contributed by atoms with E-state index in [0.29, 0.717) is 19.5 Å². The molecule has 0 bridgehead atoms. The average molecular weight is 311 g/mol. The van der Waals surface area contributed by atoms with Crippen molar-refractivity contribution in [3.05, 3.63) is 34.9 Å². The lowest BCUT2D eigenvalue weighted by Crippen LogP contribution is -2.44. The third kappa shape index (κ3) is 4.43. The molecule has 1 amide bonds. The van der Waals surface area contributed by atoms with Crippen molar-refractivity contribution in [2.24, 2.45) is 0 Å². The number of carbonyl (C=O) groups is 1. The molecule has 1 saturated heterocycles. The van der Waals surface area contributed by atoms with Gasteiger partial charge in [-0.2, -0.15) is 0 Å². The Morgan fingerprint density at radius 3 is 2.57 bits per heavy atom. The van der Waals surface area contributed by atoms with Crippen molar-refractivity contribution < 1.29 is 9.53 Å². The van der Waals surface area contributed by atoms with Gasteiger partial charge in [0, 0.05) is 43.2 Å². The van der Waals surface area contributed by atoms with Gasteiger partial charge in [0.15, 0.2) is 0 Å². The number of rotatable bonds is 6. The first kappa shape index (κ1) is 16.3. The maximum atomic E-state index is 11.9. The van der Waals surface area contributed by atoms with Gasteiger partial charge in [0.25, 0.3) is 0 Å². The highest BCUT2D eigenvalue weighted by atomic mass is 35.5. The molecule has 1 aliphatic heterocycles. The highest BCUT2D eigenvalue weighted by Crippen LogP contribution is 2.34. The largest absolute Gasteiger partial charge is 0.381 e. The Bertz CT molecular complexity index is 456. The van der Waals surface area contributed by atoms with Crippen LogP contribution in [0.2, 0.25) is 5.02 Å². The minimum Gasteiger partial charge on any atom is -0.381 e. The SMILES string of the molecule is CNCCC(=O)NCC1(c2ccc(Cl)cc2)CCOCC1. The summed E-state index contributed by atoms with van der Waals surface area (Å²) < 4.78 is 5.49. The Kier molecular flexibility index (Phi) is 6.03. The van der Waals surface area contributed by atoms with Crippen LogP contribution in [-0.4, -0.2) is 39.3 Å². The van der Waals surface area contributed by atoms with Gasteiger partial charge < -0.3 is 15.4 Å². The fourth-order valence-electron chi connectivity index (χ4n) is 2.73. The Balaban J connectivity index is 2.06. The third-order valence-electron chi connectivity index (χ3n) is 4.13. The van der Waals surface area contributed by atoms with E-state index in [4.69, 9.17) is 16.3 Å². The van der Waals surface area contributed by atoms with E-state index in [-0.39, 0.29) is 11.3 Å². The van der Waals surface area contributed by atoms with Crippen LogP contribution in [0, 0.1) is 0 Å². The second-order valence-electron chi connectivity index (χ2n) is 5.53. The number of ether oxygens (including phenoxy) is 1. The highest BCUT2D eigenvalue weighted by Gasteiger charge is 2.34. The van der Waals surface area contributed by atoms with Crippen LogP contribution in [0.5, 0.6) is 0 Å². The number of halogens is 1.